The molecule has 35 heavy (non-hydrogen) atoms. The molecule has 1 amide bonds. The maximum Gasteiger partial charge on any atom is 0.223 e. The molecular formula is C27H42N2O5S. The van der Waals surface area contributed by atoms with E-state index in [1.54, 1.807) is 6.92 Å². The number of rotatable bonds is 2. The van der Waals surface area contributed by atoms with E-state index in [1.807, 2.05) is 39.2 Å². The van der Waals surface area contributed by atoms with Gasteiger partial charge in [0, 0.05) is 20.5 Å². The van der Waals surface area contributed by atoms with Gasteiger partial charge in [0.2, 0.25) is 5.91 Å². The first-order chi connectivity index (χ1) is 17.0. The van der Waals surface area contributed by atoms with Crippen molar-refractivity contribution >= 4 is 29.1 Å². The maximum absolute atomic E-state index is 13.4. The third kappa shape index (κ3) is 6.59. The number of Topliss-reactive ketones (excluding diaryl/α,β-unsaturated/α-hetero) is 1. The van der Waals surface area contributed by atoms with Gasteiger partial charge in [0.15, 0.2) is 0 Å². The van der Waals surface area contributed by atoms with E-state index in [0.717, 1.165) is 29.1 Å². The van der Waals surface area contributed by atoms with Gasteiger partial charge in [0.1, 0.15) is 5.78 Å². The first-order valence-corrected chi connectivity index (χ1v) is 13.4. The fraction of sp³-hybridized carbons (Fsp3) is 0.741. The van der Waals surface area contributed by atoms with Crippen LogP contribution in [0.15, 0.2) is 11.0 Å². The zero-order chi connectivity index (χ0) is 27.9. The topological polar surface area (TPSA) is 112 Å². The van der Waals surface area contributed by atoms with Crippen molar-refractivity contribution in [3.8, 4) is 0 Å². The lowest BCUT2D eigenvalue weighted by Crippen LogP contribution is -2.47. The van der Waals surface area contributed by atoms with Crippen LogP contribution in [0.5, 0.6) is 0 Å². The minimum absolute atomic E-state index is 0.126. The summed E-state index contributed by atoms with van der Waals surface area (Å²) in [6.45, 7) is 12.2. The Bertz CT molecular complexity index is 1040. The van der Waals surface area contributed by atoms with Gasteiger partial charge in [0.25, 0.3) is 0 Å². The molecule has 3 rings (SSSR count). The lowest BCUT2D eigenvalue weighted by atomic mass is 9.72. The van der Waals surface area contributed by atoms with Gasteiger partial charge in [-0.2, -0.15) is 0 Å². The number of hydrogen-bond donors (Lipinski definition) is 3. The number of fused-ring (bicyclic) bond motifs is 1. The van der Waals surface area contributed by atoms with E-state index in [4.69, 9.17) is 7.48 Å². The highest BCUT2D eigenvalue weighted by Gasteiger charge is 2.52. The molecule has 3 N–H and O–H groups in total. The predicted octanol–water partition coefficient (Wildman–Crippen LogP) is 4.05. The van der Waals surface area contributed by atoms with Crippen LogP contribution in [0.4, 0.5) is 0 Å². The standard InChI is InChI=1S/C27H42N2O5S/c1-15-9-8-10-27(7)22(34-27)12-20(16(2)11-19-14-35-18(4)28-19)29-23(31)13-21(30)26(5,6)25(33)17(3)24(15)32/h11,14-15,17,20-22,24,30,32H,8-10,12-13H2,1-7H3,(H,29,31)/b16-11+/t15-,17-,20+,21+,22-,24-,27+/m1/s1/i13D2. The first kappa shape index (κ1) is 25.1. The van der Waals surface area contributed by atoms with Crippen molar-refractivity contribution in [2.45, 2.75) is 110 Å². The monoisotopic (exact) mass is 508 g/mol. The molecular weight excluding hydrogens is 464 g/mol. The third-order valence-electron chi connectivity index (χ3n) is 7.78. The van der Waals surface area contributed by atoms with Crippen molar-refractivity contribution in [2.24, 2.45) is 17.3 Å². The quantitative estimate of drug-likeness (QED) is 0.520. The molecule has 0 aromatic carbocycles. The van der Waals surface area contributed by atoms with E-state index in [0.29, 0.717) is 12.8 Å². The number of carbonyl (C=O) groups excluding carboxylic acids is 2. The molecule has 8 heteroatoms. The number of aromatic nitrogens is 1. The van der Waals surface area contributed by atoms with Gasteiger partial charge in [-0.1, -0.05) is 34.1 Å². The fourth-order valence-electron chi connectivity index (χ4n) is 4.98. The van der Waals surface area contributed by atoms with Crippen LogP contribution in [0.1, 0.15) is 87.0 Å². The molecule has 0 saturated carbocycles. The molecule has 0 radical (unpaired) electrons. The molecule has 2 saturated heterocycles. The third-order valence-corrected chi connectivity index (χ3v) is 8.57. The zero-order valence-corrected chi connectivity index (χ0v) is 22.7. The second-order valence-corrected chi connectivity index (χ2v) is 12.2. The number of nitrogens with one attached hydrogen (secondary N) is 1. The van der Waals surface area contributed by atoms with E-state index in [-0.39, 0.29) is 17.6 Å². The molecule has 196 valence electrons. The highest BCUT2D eigenvalue weighted by atomic mass is 32.1. The molecule has 1 aromatic rings. The van der Waals surface area contributed by atoms with Crippen molar-refractivity contribution in [3.05, 3.63) is 21.7 Å². The van der Waals surface area contributed by atoms with E-state index in [1.165, 1.54) is 25.2 Å². The van der Waals surface area contributed by atoms with E-state index in [2.05, 4.69) is 10.3 Å². The number of amides is 1. The summed E-state index contributed by atoms with van der Waals surface area (Å²) in [5, 5.41) is 27.6. The van der Waals surface area contributed by atoms with Crippen LogP contribution < -0.4 is 5.32 Å². The van der Waals surface area contributed by atoms with Crippen molar-refractivity contribution < 1.29 is 27.3 Å². The summed E-state index contributed by atoms with van der Waals surface area (Å²) < 4.78 is 23.1. The average molecular weight is 509 g/mol. The number of ketones is 1. The number of nitrogens with zero attached hydrogens (tertiary/aromatic N) is 1. The number of aliphatic hydroxyl groups excluding tert-OH is 2. The number of aliphatic hydroxyl groups is 2. The van der Waals surface area contributed by atoms with E-state index >= 15 is 0 Å². The molecule has 2 fully saturated rings. The Morgan fingerprint density at radius 2 is 2.00 bits per heavy atom. The minimum Gasteiger partial charge on any atom is -0.392 e. The normalized spacial score (nSPS) is 39.7. The molecule has 3 heterocycles. The van der Waals surface area contributed by atoms with Gasteiger partial charge >= 0.3 is 0 Å². The van der Waals surface area contributed by atoms with Crippen LogP contribution in [0, 0.1) is 24.2 Å². The largest absolute Gasteiger partial charge is 0.392 e. The van der Waals surface area contributed by atoms with Crippen molar-refractivity contribution in [2.75, 3.05) is 0 Å². The summed E-state index contributed by atoms with van der Waals surface area (Å²) in [7, 11) is 0. The highest BCUT2D eigenvalue weighted by molar-refractivity contribution is 7.09. The van der Waals surface area contributed by atoms with Crippen LogP contribution >= 0.6 is 11.3 Å². The zero-order valence-electron chi connectivity index (χ0n) is 23.9. The smallest absolute Gasteiger partial charge is 0.223 e. The molecule has 7 atom stereocenters. The SMILES string of the molecule is [2H]C1([2H])C(=O)N[C@H](/C(C)=C/c2csc(C)n2)C[C@H]2O[C@@]2(C)CCC[C@@H](C)[C@@H](O)[C@@H](C)C(=O)C(C)(C)[C@H]1O. The van der Waals surface area contributed by atoms with Gasteiger partial charge in [-0.15, -0.1) is 11.3 Å². The van der Waals surface area contributed by atoms with E-state index < -0.39 is 47.6 Å². The van der Waals surface area contributed by atoms with Gasteiger partial charge < -0.3 is 20.3 Å². The van der Waals surface area contributed by atoms with Gasteiger partial charge in [-0.25, -0.2) is 4.98 Å². The second-order valence-electron chi connectivity index (χ2n) is 11.1. The van der Waals surface area contributed by atoms with Crippen molar-refractivity contribution in [1.29, 1.82) is 0 Å². The van der Waals surface area contributed by atoms with Crippen molar-refractivity contribution in [3.63, 3.8) is 0 Å². The molecule has 7 nitrogen and oxygen atoms in total. The Labute approximate surface area is 216 Å². The fourth-order valence-corrected chi connectivity index (χ4v) is 5.55. The second kappa shape index (κ2) is 10.8. The number of aryl methyl sites for hydroxylation is 1. The minimum atomic E-state index is -2.75. The summed E-state index contributed by atoms with van der Waals surface area (Å²) in [4.78, 5) is 31.1. The summed E-state index contributed by atoms with van der Waals surface area (Å²) >= 11 is 1.52. The Balaban J connectivity index is 1.96. The van der Waals surface area contributed by atoms with Crippen LogP contribution in [-0.4, -0.2) is 56.8 Å². The lowest BCUT2D eigenvalue weighted by Gasteiger charge is -2.34. The number of thiazole rings is 1. The molecule has 1 aromatic heterocycles. The van der Waals surface area contributed by atoms with Gasteiger partial charge in [-0.05, 0) is 51.2 Å². The van der Waals surface area contributed by atoms with Crippen LogP contribution in [0.25, 0.3) is 6.08 Å². The van der Waals surface area contributed by atoms with Gasteiger partial charge in [-0.3, -0.25) is 9.59 Å². The number of epoxide rings is 1. The first-order valence-electron chi connectivity index (χ1n) is 13.5. The summed E-state index contributed by atoms with van der Waals surface area (Å²) in [6, 6.07) is -0.546. The maximum atomic E-state index is 13.4. The Kier molecular flexibility index (Phi) is 7.72. The molecule has 0 unspecified atom stereocenters. The summed E-state index contributed by atoms with van der Waals surface area (Å²) in [6.07, 6.45) is -1.14. The Morgan fingerprint density at radius 3 is 2.63 bits per heavy atom. The number of hydrogen-bond acceptors (Lipinski definition) is 7. The molecule has 0 spiro atoms. The summed E-state index contributed by atoms with van der Waals surface area (Å²) in [5.74, 6) is -2.47. The average Bonchev–Trinajstić information content (AvgIpc) is 3.27. The highest BCUT2D eigenvalue weighted by Crippen LogP contribution is 2.44. The molecule has 0 aliphatic carbocycles. The Morgan fingerprint density at radius 1 is 1.31 bits per heavy atom. The lowest BCUT2D eigenvalue weighted by molar-refractivity contribution is -0.143. The number of carbonyl (C=O) groups is 2. The molecule has 2 aliphatic rings. The van der Waals surface area contributed by atoms with Crippen LogP contribution in [-0.2, 0) is 14.3 Å². The van der Waals surface area contributed by atoms with Crippen molar-refractivity contribution in [1.82, 2.24) is 10.3 Å². The predicted molar refractivity (Wildman–Crippen MR) is 138 cm³/mol. The molecule has 2 aliphatic heterocycles. The van der Waals surface area contributed by atoms with Gasteiger partial charge in [0.05, 0.1) is 52.4 Å². The Hall–Kier alpha value is -1.61. The van der Waals surface area contributed by atoms with Crippen LogP contribution in [0.2, 0.25) is 0 Å². The van der Waals surface area contributed by atoms with E-state index in [9.17, 15) is 19.8 Å². The number of ether oxygens (including phenoxy) is 1. The van der Waals surface area contributed by atoms with Crippen LogP contribution in [0.3, 0.4) is 0 Å². The molecule has 0 bridgehead atoms. The summed E-state index contributed by atoms with van der Waals surface area (Å²) in [5.41, 5.74) is -0.417.